The molecule has 0 saturated heterocycles. The number of nitrogens with zero attached hydrogens (tertiary/aromatic N) is 2. The van der Waals surface area contributed by atoms with Gasteiger partial charge in [-0.2, -0.15) is 0 Å². The summed E-state index contributed by atoms with van der Waals surface area (Å²) in [4.78, 5) is 0. The van der Waals surface area contributed by atoms with Crippen molar-refractivity contribution >= 4 is 21.8 Å². The van der Waals surface area contributed by atoms with Crippen LogP contribution < -0.4 is 0 Å². The third-order valence-electron chi connectivity index (χ3n) is 3.68. The Balaban J connectivity index is 1.85. The van der Waals surface area contributed by atoms with Gasteiger partial charge in [0.25, 0.3) is 0 Å². The van der Waals surface area contributed by atoms with E-state index in [9.17, 15) is 0 Å². The van der Waals surface area contributed by atoms with E-state index in [1.54, 1.807) is 0 Å². The van der Waals surface area contributed by atoms with Crippen molar-refractivity contribution in [3.63, 3.8) is 0 Å². The molecule has 0 aliphatic heterocycles. The van der Waals surface area contributed by atoms with Crippen LogP contribution in [-0.4, -0.2) is 35.2 Å². The van der Waals surface area contributed by atoms with Gasteiger partial charge in [-0.25, -0.2) is 0 Å². The SMILES string of the molecule is C[S+](C)Cc1cccc(-c2nnc(-c3cccc(C[S+](C)C)c3)o2)c1. The fourth-order valence-corrected chi connectivity index (χ4v) is 4.40. The fourth-order valence-electron chi connectivity index (χ4n) is 2.71. The molecule has 0 aliphatic rings. The highest BCUT2D eigenvalue weighted by Gasteiger charge is 2.14. The monoisotopic (exact) mass is 372 g/mol. The molecule has 0 fully saturated rings. The van der Waals surface area contributed by atoms with E-state index in [4.69, 9.17) is 4.42 Å². The highest BCUT2D eigenvalue weighted by molar-refractivity contribution is 7.95. The minimum atomic E-state index is 0.371. The summed E-state index contributed by atoms with van der Waals surface area (Å²) in [6.45, 7) is 0. The van der Waals surface area contributed by atoms with Gasteiger partial charge in [-0.3, -0.25) is 0 Å². The molecule has 5 heteroatoms. The van der Waals surface area contributed by atoms with Crippen LogP contribution in [0.2, 0.25) is 0 Å². The van der Waals surface area contributed by atoms with Crippen LogP contribution in [0.5, 0.6) is 0 Å². The molecule has 130 valence electrons. The standard InChI is InChI=1S/C20H24N2OS2/c1-24(2)13-15-7-5-9-17(11-15)19-21-22-20(23-19)18-10-6-8-16(12-18)14-25(3)4/h5-12H,13-14H2,1-4H3/q+2. The average Bonchev–Trinajstić information content (AvgIpc) is 3.04. The quantitative estimate of drug-likeness (QED) is 0.610. The van der Waals surface area contributed by atoms with Gasteiger partial charge < -0.3 is 4.42 Å². The van der Waals surface area contributed by atoms with Crippen LogP contribution in [-0.2, 0) is 33.3 Å². The lowest BCUT2D eigenvalue weighted by molar-refractivity contribution is 0.584. The van der Waals surface area contributed by atoms with E-state index in [1.165, 1.54) is 11.1 Å². The van der Waals surface area contributed by atoms with E-state index in [-0.39, 0.29) is 0 Å². The molecule has 1 aromatic heterocycles. The second-order valence-electron chi connectivity index (χ2n) is 6.57. The van der Waals surface area contributed by atoms with Crippen molar-refractivity contribution < 1.29 is 4.42 Å². The van der Waals surface area contributed by atoms with Gasteiger partial charge in [-0.1, -0.05) is 24.3 Å². The van der Waals surface area contributed by atoms with Crippen molar-refractivity contribution in [3.05, 3.63) is 59.7 Å². The summed E-state index contributed by atoms with van der Waals surface area (Å²) in [5.74, 6) is 3.32. The lowest BCUT2D eigenvalue weighted by Gasteiger charge is -2.01. The summed E-state index contributed by atoms with van der Waals surface area (Å²) >= 11 is 0. The number of hydrogen-bond donors (Lipinski definition) is 0. The van der Waals surface area contributed by atoms with E-state index < -0.39 is 0 Å². The number of aromatic nitrogens is 2. The second kappa shape index (κ2) is 8.11. The van der Waals surface area contributed by atoms with Gasteiger partial charge >= 0.3 is 0 Å². The number of rotatable bonds is 6. The second-order valence-corrected chi connectivity index (χ2v) is 11.1. The molecule has 0 radical (unpaired) electrons. The van der Waals surface area contributed by atoms with E-state index in [2.05, 4.69) is 71.6 Å². The Morgan fingerprint density at radius 3 is 1.56 bits per heavy atom. The zero-order valence-electron chi connectivity index (χ0n) is 15.2. The molecule has 0 atom stereocenters. The molecule has 3 nitrogen and oxygen atoms in total. The third kappa shape index (κ3) is 4.89. The van der Waals surface area contributed by atoms with E-state index >= 15 is 0 Å². The largest absolute Gasteiger partial charge is 0.416 e. The van der Waals surface area contributed by atoms with Crippen LogP contribution >= 0.6 is 0 Å². The predicted molar refractivity (Wildman–Crippen MR) is 111 cm³/mol. The zero-order valence-corrected chi connectivity index (χ0v) is 16.8. The minimum absolute atomic E-state index is 0.371. The summed E-state index contributed by atoms with van der Waals surface area (Å²) in [5.41, 5.74) is 4.60. The average molecular weight is 373 g/mol. The van der Waals surface area contributed by atoms with Crippen LogP contribution in [0.3, 0.4) is 0 Å². The highest BCUT2D eigenvalue weighted by atomic mass is 32.2. The molecule has 3 rings (SSSR count). The molecule has 25 heavy (non-hydrogen) atoms. The molecule has 1 heterocycles. The zero-order chi connectivity index (χ0) is 17.8. The molecule has 0 aliphatic carbocycles. The smallest absolute Gasteiger partial charge is 0.248 e. The number of benzene rings is 2. The summed E-state index contributed by atoms with van der Waals surface area (Å²) in [6.07, 6.45) is 9.01. The topological polar surface area (TPSA) is 38.9 Å². The highest BCUT2D eigenvalue weighted by Crippen LogP contribution is 2.25. The van der Waals surface area contributed by atoms with Crippen LogP contribution in [0.1, 0.15) is 11.1 Å². The minimum Gasteiger partial charge on any atom is -0.416 e. The Hall–Kier alpha value is -1.72. The molecule has 0 unspecified atom stereocenters. The Labute approximate surface area is 155 Å². The van der Waals surface area contributed by atoms with E-state index in [0.29, 0.717) is 33.6 Å². The van der Waals surface area contributed by atoms with Gasteiger partial charge in [0.1, 0.15) is 11.5 Å². The van der Waals surface area contributed by atoms with Gasteiger partial charge in [-0.15, -0.1) is 10.2 Å². The molecular weight excluding hydrogens is 348 g/mol. The molecule has 0 N–H and O–H groups in total. The first-order valence-corrected chi connectivity index (χ1v) is 12.5. The first-order valence-electron chi connectivity index (χ1n) is 8.12. The maximum Gasteiger partial charge on any atom is 0.248 e. The van der Waals surface area contributed by atoms with Crippen LogP contribution in [0.4, 0.5) is 0 Å². The summed E-state index contributed by atoms with van der Waals surface area (Å²) in [7, 11) is 0.741. The van der Waals surface area contributed by atoms with Gasteiger partial charge in [0, 0.05) is 22.3 Å². The molecule has 0 spiro atoms. The molecule has 2 aromatic carbocycles. The van der Waals surface area contributed by atoms with Gasteiger partial charge in [0.2, 0.25) is 11.8 Å². The lowest BCUT2D eigenvalue weighted by atomic mass is 10.1. The summed E-state index contributed by atoms with van der Waals surface area (Å²) in [5, 5.41) is 8.52. The van der Waals surface area contributed by atoms with Crippen molar-refractivity contribution in [1.29, 1.82) is 0 Å². The van der Waals surface area contributed by atoms with Crippen molar-refractivity contribution in [1.82, 2.24) is 10.2 Å². The normalized spacial score (nSPS) is 11.4. The molecular formula is C20H24N2OS2+2. The Bertz CT molecular complexity index is 775. The fraction of sp³-hybridized carbons (Fsp3) is 0.300. The number of hydrogen-bond acceptors (Lipinski definition) is 3. The first-order chi connectivity index (χ1) is 12.0. The Morgan fingerprint density at radius 1 is 0.720 bits per heavy atom. The van der Waals surface area contributed by atoms with Crippen LogP contribution in [0.15, 0.2) is 52.9 Å². The van der Waals surface area contributed by atoms with Gasteiger partial charge in [-0.05, 0) is 46.1 Å². The van der Waals surface area contributed by atoms with Crippen LogP contribution in [0, 0.1) is 0 Å². The molecule has 0 saturated carbocycles. The maximum absolute atomic E-state index is 5.96. The lowest BCUT2D eigenvalue weighted by Crippen LogP contribution is -1.99. The van der Waals surface area contributed by atoms with E-state index in [1.807, 2.05) is 12.1 Å². The first kappa shape index (κ1) is 18.1. The van der Waals surface area contributed by atoms with Crippen LogP contribution in [0.25, 0.3) is 22.9 Å². The predicted octanol–water partition coefficient (Wildman–Crippen LogP) is 4.16. The molecule has 3 aromatic rings. The maximum atomic E-state index is 5.96. The molecule has 0 amide bonds. The van der Waals surface area contributed by atoms with Gasteiger partial charge in [0.05, 0.1) is 25.0 Å². The Kier molecular flexibility index (Phi) is 5.86. The van der Waals surface area contributed by atoms with Gasteiger partial charge in [0.15, 0.2) is 0 Å². The van der Waals surface area contributed by atoms with Crippen molar-refractivity contribution in [3.8, 4) is 22.9 Å². The van der Waals surface area contributed by atoms with Crippen molar-refractivity contribution in [2.45, 2.75) is 11.5 Å². The van der Waals surface area contributed by atoms with E-state index in [0.717, 1.165) is 22.6 Å². The van der Waals surface area contributed by atoms with Crippen molar-refractivity contribution in [2.75, 3.05) is 25.0 Å². The summed E-state index contributed by atoms with van der Waals surface area (Å²) < 4.78 is 5.96. The third-order valence-corrected chi connectivity index (χ3v) is 5.50. The summed E-state index contributed by atoms with van der Waals surface area (Å²) in [6, 6.07) is 16.8. The Morgan fingerprint density at radius 2 is 1.16 bits per heavy atom. The van der Waals surface area contributed by atoms with Crippen molar-refractivity contribution in [2.24, 2.45) is 0 Å². The molecule has 0 bridgehead atoms.